The van der Waals surface area contributed by atoms with Crippen molar-refractivity contribution in [1.29, 1.82) is 0 Å². The van der Waals surface area contributed by atoms with Gasteiger partial charge in [-0.2, -0.15) is 0 Å². The van der Waals surface area contributed by atoms with E-state index in [1.807, 2.05) is 31.2 Å². The number of hydrogen-bond donors (Lipinski definition) is 1. The van der Waals surface area contributed by atoms with E-state index in [9.17, 15) is 4.79 Å². The maximum absolute atomic E-state index is 11.9. The zero-order chi connectivity index (χ0) is 14.4. The molecule has 2 rings (SSSR count). The summed E-state index contributed by atoms with van der Waals surface area (Å²) in [6.07, 6.45) is 0.204. The zero-order valence-electron chi connectivity index (χ0n) is 12.1. The average molecular weight is 278 g/mol. The lowest BCUT2D eigenvalue weighted by molar-refractivity contribution is -0.124. The molecule has 1 fully saturated rings. The fourth-order valence-electron chi connectivity index (χ4n) is 2.28. The van der Waals surface area contributed by atoms with Gasteiger partial charge in [-0.25, -0.2) is 0 Å². The van der Waals surface area contributed by atoms with Crippen LogP contribution in [-0.4, -0.2) is 50.3 Å². The van der Waals surface area contributed by atoms with Crippen molar-refractivity contribution < 1.29 is 14.3 Å². The SMILES string of the molecule is COc1cccc(CNC(=O)CN2CCO[C@H](C)C2)c1. The van der Waals surface area contributed by atoms with E-state index in [1.165, 1.54) is 0 Å². The van der Waals surface area contributed by atoms with Crippen LogP contribution in [0.15, 0.2) is 24.3 Å². The van der Waals surface area contributed by atoms with Crippen LogP contribution in [0.4, 0.5) is 0 Å². The second-order valence-corrected chi connectivity index (χ2v) is 5.04. The van der Waals surface area contributed by atoms with E-state index >= 15 is 0 Å². The van der Waals surface area contributed by atoms with E-state index in [0.29, 0.717) is 19.7 Å². The number of nitrogens with zero attached hydrogens (tertiary/aromatic N) is 1. The third kappa shape index (κ3) is 4.51. The number of carbonyl (C=O) groups is 1. The molecule has 0 unspecified atom stereocenters. The van der Waals surface area contributed by atoms with Crippen molar-refractivity contribution in [3.63, 3.8) is 0 Å². The molecule has 0 aromatic heterocycles. The summed E-state index contributed by atoms with van der Waals surface area (Å²) >= 11 is 0. The van der Waals surface area contributed by atoms with Crippen LogP contribution in [0.2, 0.25) is 0 Å². The standard InChI is InChI=1S/C15H22N2O3/c1-12-10-17(6-7-20-12)11-15(18)16-9-13-4-3-5-14(8-13)19-2/h3-5,8,12H,6-7,9-11H2,1-2H3,(H,16,18)/t12-/m1/s1. The van der Waals surface area contributed by atoms with Crippen molar-refractivity contribution in [2.75, 3.05) is 33.4 Å². The molecule has 0 spiro atoms. The van der Waals surface area contributed by atoms with E-state index in [1.54, 1.807) is 7.11 Å². The fourth-order valence-corrected chi connectivity index (χ4v) is 2.28. The number of ether oxygens (including phenoxy) is 2. The third-order valence-corrected chi connectivity index (χ3v) is 3.32. The van der Waals surface area contributed by atoms with Gasteiger partial charge in [-0.1, -0.05) is 12.1 Å². The van der Waals surface area contributed by atoms with Gasteiger partial charge in [-0.05, 0) is 24.6 Å². The molecule has 110 valence electrons. The molecule has 0 saturated carbocycles. The molecule has 1 amide bonds. The number of benzene rings is 1. The Bertz CT molecular complexity index is 450. The summed E-state index contributed by atoms with van der Waals surface area (Å²) in [6, 6.07) is 7.71. The van der Waals surface area contributed by atoms with Crippen LogP contribution in [0, 0.1) is 0 Å². The number of nitrogens with one attached hydrogen (secondary N) is 1. The quantitative estimate of drug-likeness (QED) is 0.874. The van der Waals surface area contributed by atoms with Gasteiger partial charge in [-0.3, -0.25) is 9.69 Å². The average Bonchev–Trinajstić information content (AvgIpc) is 2.45. The number of hydrogen-bond acceptors (Lipinski definition) is 4. The predicted octanol–water partition coefficient (Wildman–Crippen LogP) is 1.03. The van der Waals surface area contributed by atoms with Crippen LogP contribution < -0.4 is 10.1 Å². The molecule has 1 N–H and O–H groups in total. The number of methoxy groups -OCH3 is 1. The van der Waals surface area contributed by atoms with Gasteiger partial charge in [0.15, 0.2) is 0 Å². The Kier molecular flexibility index (Phi) is 5.38. The minimum atomic E-state index is 0.0434. The van der Waals surface area contributed by atoms with Gasteiger partial charge < -0.3 is 14.8 Å². The minimum absolute atomic E-state index is 0.0434. The molecule has 1 aliphatic heterocycles. The Labute approximate surface area is 119 Å². The molecule has 0 radical (unpaired) electrons. The van der Waals surface area contributed by atoms with Crippen molar-refractivity contribution in [2.24, 2.45) is 0 Å². The fraction of sp³-hybridized carbons (Fsp3) is 0.533. The first kappa shape index (κ1) is 14.8. The molecule has 1 aromatic carbocycles. The van der Waals surface area contributed by atoms with Crippen molar-refractivity contribution in [3.05, 3.63) is 29.8 Å². The minimum Gasteiger partial charge on any atom is -0.497 e. The Balaban J connectivity index is 1.76. The van der Waals surface area contributed by atoms with Gasteiger partial charge in [0.2, 0.25) is 5.91 Å². The second-order valence-electron chi connectivity index (χ2n) is 5.04. The second kappa shape index (κ2) is 7.26. The van der Waals surface area contributed by atoms with Crippen LogP contribution in [0.1, 0.15) is 12.5 Å². The summed E-state index contributed by atoms with van der Waals surface area (Å²) in [5, 5.41) is 2.94. The highest BCUT2D eigenvalue weighted by atomic mass is 16.5. The Morgan fingerprint density at radius 3 is 3.15 bits per heavy atom. The Morgan fingerprint density at radius 1 is 1.55 bits per heavy atom. The lowest BCUT2D eigenvalue weighted by Gasteiger charge is -2.30. The summed E-state index contributed by atoms with van der Waals surface area (Å²) in [4.78, 5) is 14.0. The molecule has 1 heterocycles. The van der Waals surface area contributed by atoms with Crippen LogP contribution in [0.25, 0.3) is 0 Å². The van der Waals surface area contributed by atoms with E-state index < -0.39 is 0 Å². The largest absolute Gasteiger partial charge is 0.497 e. The topological polar surface area (TPSA) is 50.8 Å². The van der Waals surface area contributed by atoms with E-state index in [2.05, 4.69) is 10.2 Å². The van der Waals surface area contributed by atoms with Crippen molar-refractivity contribution in [2.45, 2.75) is 19.6 Å². The normalized spacial score (nSPS) is 19.6. The number of rotatable bonds is 5. The third-order valence-electron chi connectivity index (χ3n) is 3.32. The number of amides is 1. The van der Waals surface area contributed by atoms with Crippen LogP contribution in [-0.2, 0) is 16.1 Å². The van der Waals surface area contributed by atoms with Crippen molar-refractivity contribution >= 4 is 5.91 Å². The van der Waals surface area contributed by atoms with Crippen LogP contribution in [0.5, 0.6) is 5.75 Å². The highest BCUT2D eigenvalue weighted by Crippen LogP contribution is 2.12. The molecule has 1 saturated heterocycles. The molecule has 1 aromatic rings. The highest BCUT2D eigenvalue weighted by Gasteiger charge is 2.18. The molecule has 5 nitrogen and oxygen atoms in total. The van der Waals surface area contributed by atoms with Gasteiger partial charge in [0.25, 0.3) is 0 Å². The first-order valence-corrected chi connectivity index (χ1v) is 6.91. The summed E-state index contributed by atoms with van der Waals surface area (Å²) in [5.41, 5.74) is 1.04. The molecular formula is C15H22N2O3. The van der Waals surface area contributed by atoms with E-state index in [4.69, 9.17) is 9.47 Å². The first-order valence-electron chi connectivity index (χ1n) is 6.91. The van der Waals surface area contributed by atoms with Gasteiger partial charge in [0.1, 0.15) is 5.75 Å². The van der Waals surface area contributed by atoms with Crippen LogP contribution in [0.3, 0.4) is 0 Å². The molecule has 0 aliphatic carbocycles. The first-order chi connectivity index (χ1) is 9.67. The van der Waals surface area contributed by atoms with Crippen molar-refractivity contribution in [3.8, 4) is 5.75 Å². The summed E-state index contributed by atoms with van der Waals surface area (Å²) in [6.45, 7) is 5.31. The lowest BCUT2D eigenvalue weighted by Crippen LogP contribution is -2.45. The molecule has 1 aliphatic rings. The smallest absolute Gasteiger partial charge is 0.234 e. The lowest BCUT2D eigenvalue weighted by atomic mass is 10.2. The molecule has 5 heteroatoms. The Morgan fingerprint density at radius 2 is 2.40 bits per heavy atom. The van der Waals surface area contributed by atoms with Gasteiger partial charge in [-0.15, -0.1) is 0 Å². The molecule has 1 atom stereocenters. The highest BCUT2D eigenvalue weighted by molar-refractivity contribution is 5.78. The number of carbonyl (C=O) groups excluding carboxylic acids is 1. The maximum Gasteiger partial charge on any atom is 0.234 e. The number of morpholine rings is 1. The zero-order valence-corrected chi connectivity index (χ0v) is 12.1. The van der Waals surface area contributed by atoms with Crippen LogP contribution >= 0.6 is 0 Å². The maximum atomic E-state index is 11.9. The molecule has 0 bridgehead atoms. The van der Waals surface area contributed by atoms with E-state index in [-0.39, 0.29) is 12.0 Å². The van der Waals surface area contributed by atoms with Gasteiger partial charge >= 0.3 is 0 Å². The Hall–Kier alpha value is -1.59. The summed E-state index contributed by atoms with van der Waals surface area (Å²) in [7, 11) is 1.64. The van der Waals surface area contributed by atoms with E-state index in [0.717, 1.165) is 24.4 Å². The molecule has 20 heavy (non-hydrogen) atoms. The summed E-state index contributed by atoms with van der Waals surface area (Å²) in [5.74, 6) is 0.848. The molecular weight excluding hydrogens is 256 g/mol. The van der Waals surface area contributed by atoms with Gasteiger partial charge in [0.05, 0.1) is 26.4 Å². The predicted molar refractivity (Wildman–Crippen MR) is 76.7 cm³/mol. The monoisotopic (exact) mass is 278 g/mol. The summed E-state index contributed by atoms with van der Waals surface area (Å²) < 4.78 is 10.6. The van der Waals surface area contributed by atoms with Crippen molar-refractivity contribution in [1.82, 2.24) is 10.2 Å². The van der Waals surface area contributed by atoms with Gasteiger partial charge in [0, 0.05) is 19.6 Å².